The first kappa shape index (κ1) is 16.5. The van der Waals surface area contributed by atoms with Crippen LogP contribution in [0.15, 0.2) is 58.3 Å². The second kappa shape index (κ2) is 7.49. The molecule has 1 aliphatic heterocycles. The number of amides is 2. The van der Waals surface area contributed by atoms with Crippen LogP contribution in [0.1, 0.15) is 18.4 Å². The Kier molecular flexibility index (Phi) is 5.15. The van der Waals surface area contributed by atoms with Crippen molar-refractivity contribution >= 4 is 23.6 Å². The smallest absolute Gasteiger partial charge is 0.242 e. The molecule has 24 heavy (non-hydrogen) atoms. The van der Waals surface area contributed by atoms with Crippen molar-refractivity contribution in [2.45, 2.75) is 35.2 Å². The molecule has 2 amide bonds. The highest BCUT2D eigenvalue weighted by Gasteiger charge is 2.26. The summed E-state index contributed by atoms with van der Waals surface area (Å²) >= 11 is 1.55. The van der Waals surface area contributed by atoms with E-state index in [2.05, 4.69) is 10.6 Å². The largest absolute Gasteiger partial charge is 0.350 e. The number of nitrogens with one attached hydrogen (secondary N) is 2. The average Bonchev–Trinajstić information content (AvgIpc) is 3.03. The number of hydrogen-bond acceptors (Lipinski definition) is 3. The van der Waals surface area contributed by atoms with E-state index in [0.29, 0.717) is 19.4 Å². The van der Waals surface area contributed by atoms with Gasteiger partial charge in [0.15, 0.2) is 0 Å². The minimum atomic E-state index is -0.411. The lowest BCUT2D eigenvalue weighted by Crippen LogP contribution is -2.41. The molecule has 0 aromatic heterocycles. The third-order valence-corrected chi connectivity index (χ3v) is 4.77. The van der Waals surface area contributed by atoms with Crippen molar-refractivity contribution in [3.05, 3.63) is 59.9 Å². The lowest BCUT2D eigenvalue weighted by Gasteiger charge is -2.11. The first-order valence-corrected chi connectivity index (χ1v) is 8.51. The van der Waals surface area contributed by atoms with Crippen LogP contribution in [0.5, 0.6) is 0 Å². The summed E-state index contributed by atoms with van der Waals surface area (Å²) < 4.78 is 12.9. The Balaban J connectivity index is 1.52. The monoisotopic (exact) mass is 344 g/mol. The van der Waals surface area contributed by atoms with Gasteiger partial charge in [0.1, 0.15) is 11.9 Å². The molecule has 124 valence electrons. The van der Waals surface area contributed by atoms with Gasteiger partial charge < -0.3 is 10.6 Å². The highest BCUT2D eigenvalue weighted by molar-refractivity contribution is 7.99. The molecule has 1 saturated heterocycles. The summed E-state index contributed by atoms with van der Waals surface area (Å²) in [7, 11) is 0. The van der Waals surface area contributed by atoms with E-state index in [-0.39, 0.29) is 17.6 Å². The Bertz CT molecular complexity index is 732. The molecule has 1 atom stereocenters. The Morgan fingerprint density at radius 3 is 2.33 bits per heavy atom. The lowest BCUT2D eigenvalue weighted by atomic mass is 10.2. The summed E-state index contributed by atoms with van der Waals surface area (Å²) in [5, 5.41) is 5.48. The van der Waals surface area contributed by atoms with Crippen molar-refractivity contribution in [2.24, 2.45) is 0 Å². The molecule has 1 heterocycles. The molecule has 0 unspecified atom stereocenters. The van der Waals surface area contributed by atoms with Gasteiger partial charge in [0.05, 0.1) is 0 Å². The van der Waals surface area contributed by atoms with Crippen LogP contribution in [0.4, 0.5) is 4.39 Å². The number of benzene rings is 2. The summed E-state index contributed by atoms with van der Waals surface area (Å²) in [5.41, 5.74) is 0.983. The van der Waals surface area contributed by atoms with Gasteiger partial charge in [-0.05, 0) is 48.4 Å². The standard InChI is InChI=1S/C18H17FN2O2S/c19-13-3-7-15(8-4-13)24-14-5-1-12(2-6-14)11-20-18(23)16-9-10-17(22)21-16/h1-8,16H,9-11H2,(H,20,23)(H,21,22)/t16-/m1/s1. The van der Waals surface area contributed by atoms with Crippen molar-refractivity contribution in [3.8, 4) is 0 Å². The van der Waals surface area contributed by atoms with E-state index in [0.717, 1.165) is 15.4 Å². The normalized spacial score (nSPS) is 16.7. The van der Waals surface area contributed by atoms with Crippen LogP contribution in [-0.4, -0.2) is 17.9 Å². The molecule has 2 aromatic rings. The Morgan fingerprint density at radius 2 is 1.75 bits per heavy atom. The van der Waals surface area contributed by atoms with Crippen LogP contribution in [-0.2, 0) is 16.1 Å². The molecule has 0 saturated carbocycles. The number of carbonyl (C=O) groups excluding carboxylic acids is 2. The second-order valence-electron chi connectivity index (χ2n) is 5.58. The van der Waals surface area contributed by atoms with Gasteiger partial charge in [0.2, 0.25) is 11.8 Å². The quantitative estimate of drug-likeness (QED) is 0.877. The van der Waals surface area contributed by atoms with E-state index in [1.165, 1.54) is 12.1 Å². The van der Waals surface area contributed by atoms with Crippen LogP contribution in [0.25, 0.3) is 0 Å². The predicted molar refractivity (Wildman–Crippen MR) is 90.0 cm³/mol. The SMILES string of the molecule is O=C1CC[C@H](C(=O)NCc2ccc(Sc3ccc(F)cc3)cc2)N1. The maximum absolute atomic E-state index is 12.9. The highest BCUT2D eigenvalue weighted by Crippen LogP contribution is 2.27. The molecule has 3 rings (SSSR count). The third kappa shape index (κ3) is 4.35. The molecule has 2 aromatic carbocycles. The summed E-state index contributed by atoms with van der Waals surface area (Å²) in [5.74, 6) is -0.466. The molecule has 0 aliphatic carbocycles. The zero-order valence-electron chi connectivity index (χ0n) is 12.9. The first-order chi connectivity index (χ1) is 11.6. The first-order valence-electron chi connectivity index (χ1n) is 7.69. The topological polar surface area (TPSA) is 58.2 Å². The summed E-state index contributed by atoms with van der Waals surface area (Å²) in [6.45, 7) is 0.423. The Morgan fingerprint density at radius 1 is 1.12 bits per heavy atom. The van der Waals surface area contributed by atoms with Crippen molar-refractivity contribution in [2.75, 3.05) is 0 Å². The molecular formula is C18H17FN2O2S. The maximum Gasteiger partial charge on any atom is 0.242 e. The third-order valence-electron chi connectivity index (χ3n) is 3.75. The van der Waals surface area contributed by atoms with Gasteiger partial charge in [-0.15, -0.1) is 0 Å². The van der Waals surface area contributed by atoms with Crippen LogP contribution in [0, 0.1) is 5.82 Å². The van der Waals surface area contributed by atoms with Crippen molar-refractivity contribution in [1.82, 2.24) is 10.6 Å². The molecule has 0 radical (unpaired) electrons. The molecule has 1 fully saturated rings. The van der Waals surface area contributed by atoms with Gasteiger partial charge in [-0.1, -0.05) is 23.9 Å². The van der Waals surface area contributed by atoms with Crippen molar-refractivity contribution in [1.29, 1.82) is 0 Å². The van der Waals surface area contributed by atoms with Crippen LogP contribution in [0.2, 0.25) is 0 Å². The van der Waals surface area contributed by atoms with Crippen molar-refractivity contribution in [3.63, 3.8) is 0 Å². The second-order valence-corrected chi connectivity index (χ2v) is 6.72. The van der Waals surface area contributed by atoms with E-state index in [1.54, 1.807) is 23.9 Å². The lowest BCUT2D eigenvalue weighted by molar-refractivity contribution is -0.125. The van der Waals surface area contributed by atoms with E-state index < -0.39 is 6.04 Å². The fourth-order valence-electron chi connectivity index (χ4n) is 2.44. The molecule has 6 heteroatoms. The Labute approximate surface area is 143 Å². The summed E-state index contributed by atoms with van der Waals surface area (Å²) in [6, 6.07) is 13.8. The highest BCUT2D eigenvalue weighted by atomic mass is 32.2. The number of halogens is 1. The minimum Gasteiger partial charge on any atom is -0.350 e. The molecule has 4 nitrogen and oxygen atoms in total. The fraction of sp³-hybridized carbons (Fsp3) is 0.222. The molecule has 1 aliphatic rings. The summed E-state index contributed by atoms with van der Waals surface area (Å²) in [6.07, 6.45) is 0.964. The van der Waals surface area contributed by atoms with Gasteiger partial charge >= 0.3 is 0 Å². The molecular weight excluding hydrogens is 327 g/mol. The van der Waals surface area contributed by atoms with Gasteiger partial charge in [0, 0.05) is 22.8 Å². The molecule has 0 spiro atoms. The van der Waals surface area contributed by atoms with Gasteiger partial charge in [0.25, 0.3) is 0 Å². The summed E-state index contributed by atoms with van der Waals surface area (Å²) in [4.78, 5) is 25.1. The molecule has 0 bridgehead atoms. The maximum atomic E-state index is 12.9. The fourth-order valence-corrected chi connectivity index (χ4v) is 3.25. The zero-order valence-corrected chi connectivity index (χ0v) is 13.7. The van der Waals surface area contributed by atoms with Crippen LogP contribution < -0.4 is 10.6 Å². The number of hydrogen-bond donors (Lipinski definition) is 2. The minimum absolute atomic E-state index is 0.0719. The van der Waals surface area contributed by atoms with Gasteiger partial charge in [-0.3, -0.25) is 9.59 Å². The van der Waals surface area contributed by atoms with Crippen LogP contribution >= 0.6 is 11.8 Å². The van der Waals surface area contributed by atoms with Crippen molar-refractivity contribution < 1.29 is 14.0 Å². The molecule has 2 N–H and O–H groups in total. The van der Waals surface area contributed by atoms with Gasteiger partial charge in [-0.2, -0.15) is 0 Å². The van der Waals surface area contributed by atoms with Gasteiger partial charge in [-0.25, -0.2) is 4.39 Å². The number of carbonyl (C=O) groups is 2. The zero-order chi connectivity index (χ0) is 16.9. The predicted octanol–water partition coefficient (Wildman–Crippen LogP) is 2.87. The average molecular weight is 344 g/mol. The number of rotatable bonds is 5. The van der Waals surface area contributed by atoms with E-state index >= 15 is 0 Å². The van der Waals surface area contributed by atoms with Crippen LogP contribution in [0.3, 0.4) is 0 Å². The van der Waals surface area contributed by atoms with E-state index in [1.807, 2.05) is 24.3 Å². The van der Waals surface area contributed by atoms with E-state index in [9.17, 15) is 14.0 Å². The van der Waals surface area contributed by atoms with E-state index in [4.69, 9.17) is 0 Å². The Hall–Kier alpha value is -2.34.